The molecular formula is C22H43N3O6Si2. The van der Waals surface area contributed by atoms with Gasteiger partial charge in [0.15, 0.2) is 22.4 Å². The van der Waals surface area contributed by atoms with Crippen LogP contribution in [0.4, 0.5) is 0 Å². The van der Waals surface area contributed by atoms with E-state index in [0.717, 1.165) is 0 Å². The monoisotopic (exact) mass is 501 g/mol. The van der Waals surface area contributed by atoms with Gasteiger partial charge in [-0.05, 0) is 55.6 Å². The molecule has 2 fully saturated rings. The fraction of sp³-hybridized carbons (Fsp3) is 0.955. The Balaban J connectivity index is 2.34. The van der Waals surface area contributed by atoms with Gasteiger partial charge < -0.3 is 23.1 Å². The molecule has 4 atom stereocenters. The first-order valence-electron chi connectivity index (χ1n) is 11.6. The molecule has 0 unspecified atom stereocenters. The molecule has 2 aliphatic heterocycles. The van der Waals surface area contributed by atoms with Crippen molar-refractivity contribution in [3.05, 3.63) is 10.4 Å². The lowest BCUT2D eigenvalue weighted by Crippen LogP contribution is -2.54. The lowest BCUT2D eigenvalue weighted by atomic mass is 9.94. The number of ether oxygens (including phenoxy) is 3. The van der Waals surface area contributed by atoms with E-state index in [1.165, 1.54) is 0 Å². The topological polar surface area (TPSA) is 112 Å². The first kappa shape index (κ1) is 28.3. The van der Waals surface area contributed by atoms with Crippen molar-refractivity contribution >= 4 is 22.6 Å². The number of cyclic esters (lactones) is 1. The summed E-state index contributed by atoms with van der Waals surface area (Å²) in [5, 5.41) is 3.89. The lowest BCUT2D eigenvalue weighted by Gasteiger charge is -2.38. The Morgan fingerprint density at radius 1 is 1.06 bits per heavy atom. The molecule has 0 aromatic rings. The first-order valence-corrected chi connectivity index (χ1v) is 17.4. The van der Waals surface area contributed by atoms with Gasteiger partial charge in [-0.2, -0.15) is 0 Å². The minimum Gasteiger partial charge on any atom is -0.457 e. The SMILES string of the molecule is CC1(C)O[C@H]2[C@@H]([C@@H](CO[Si](C)(C)C(C)(C)C)N=[N+]=[N-])OC(=O)[C@@]2(CO[Si](C)(C)C(C)(C)C)O1. The van der Waals surface area contributed by atoms with Gasteiger partial charge >= 0.3 is 5.97 Å². The molecule has 0 N–H and O–H groups in total. The van der Waals surface area contributed by atoms with Gasteiger partial charge in [0.25, 0.3) is 0 Å². The van der Waals surface area contributed by atoms with E-state index < -0.39 is 52.2 Å². The van der Waals surface area contributed by atoms with Gasteiger partial charge in [0.2, 0.25) is 5.60 Å². The van der Waals surface area contributed by atoms with Gasteiger partial charge in [-0.1, -0.05) is 46.7 Å². The van der Waals surface area contributed by atoms with Crippen LogP contribution in [0.25, 0.3) is 10.4 Å². The molecule has 0 aromatic carbocycles. The van der Waals surface area contributed by atoms with E-state index in [4.69, 9.17) is 23.1 Å². The lowest BCUT2D eigenvalue weighted by molar-refractivity contribution is -0.203. The molecule has 0 bridgehead atoms. The van der Waals surface area contributed by atoms with E-state index in [1.807, 2.05) is 0 Å². The molecule has 0 spiro atoms. The predicted octanol–water partition coefficient (Wildman–Crippen LogP) is 5.52. The second-order valence-corrected chi connectivity index (χ2v) is 22.3. The Morgan fingerprint density at radius 2 is 1.58 bits per heavy atom. The van der Waals surface area contributed by atoms with E-state index in [0.29, 0.717) is 0 Å². The molecule has 2 rings (SSSR count). The number of nitrogens with zero attached hydrogens (tertiary/aromatic N) is 3. The van der Waals surface area contributed by atoms with Crippen molar-refractivity contribution in [3.63, 3.8) is 0 Å². The summed E-state index contributed by atoms with van der Waals surface area (Å²) < 4.78 is 30.8. The highest BCUT2D eigenvalue weighted by Crippen LogP contribution is 2.47. The Morgan fingerprint density at radius 3 is 2.06 bits per heavy atom. The Kier molecular flexibility index (Phi) is 7.65. The van der Waals surface area contributed by atoms with Crippen molar-refractivity contribution in [1.29, 1.82) is 0 Å². The summed E-state index contributed by atoms with van der Waals surface area (Å²) >= 11 is 0. The summed E-state index contributed by atoms with van der Waals surface area (Å²) in [6.45, 7) is 25.0. The van der Waals surface area contributed by atoms with Crippen molar-refractivity contribution in [2.75, 3.05) is 13.2 Å². The maximum absolute atomic E-state index is 13.3. The van der Waals surface area contributed by atoms with E-state index in [1.54, 1.807) is 13.8 Å². The van der Waals surface area contributed by atoms with Crippen LogP contribution in [0.1, 0.15) is 55.4 Å². The average molecular weight is 502 g/mol. The zero-order valence-electron chi connectivity index (χ0n) is 22.4. The van der Waals surface area contributed by atoms with Gasteiger partial charge in [0.05, 0.1) is 12.6 Å². The number of rotatable bonds is 8. The van der Waals surface area contributed by atoms with Gasteiger partial charge in [-0.15, -0.1) is 0 Å². The molecular weight excluding hydrogens is 458 g/mol. The molecule has 11 heteroatoms. The third kappa shape index (κ3) is 5.66. The third-order valence-corrected chi connectivity index (χ3v) is 16.6. The molecule has 2 heterocycles. The number of esters is 1. The minimum atomic E-state index is -2.18. The summed E-state index contributed by atoms with van der Waals surface area (Å²) in [4.78, 5) is 16.3. The summed E-state index contributed by atoms with van der Waals surface area (Å²) in [6.07, 6.45) is -1.61. The van der Waals surface area contributed by atoms with Crippen molar-refractivity contribution in [3.8, 4) is 0 Å². The summed E-state index contributed by atoms with van der Waals surface area (Å²) in [5.74, 6) is -1.56. The van der Waals surface area contributed by atoms with E-state index in [-0.39, 0.29) is 23.3 Å². The maximum atomic E-state index is 13.3. The Labute approximate surface area is 200 Å². The van der Waals surface area contributed by atoms with Gasteiger partial charge in [-0.25, -0.2) is 4.79 Å². The van der Waals surface area contributed by atoms with Crippen LogP contribution >= 0.6 is 0 Å². The number of carbonyl (C=O) groups excluding carboxylic acids is 1. The zero-order chi connectivity index (χ0) is 25.7. The minimum absolute atomic E-state index is 0.0179. The second-order valence-electron chi connectivity index (χ2n) is 12.7. The highest BCUT2D eigenvalue weighted by molar-refractivity contribution is 6.74. The Hall–Kier alpha value is -0.946. The number of fused-ring (bicyclic) bond motifs is 1. The molecule has 0 aromatic heterocycles. The van der Waals surface area contributed by atoms with Crippen LogP contribution in [0.3, 0.4) is 0 Å². The number of azide groups is 1. The smallest absolute Gasteiger partial charge is 0.344 e. The summed E-state index contributed by atoms with van der Waals surface area (Å²) in [6, 6.07) is -0.745. The standard InChI is InChI=1S/C22H43N3O6Si2/c1-19(2,3)32(9,10)27-13-15(24-25-23)16-17-22(18(26)29-16,31-21(7,8)30-17)14-28-33(11,12)20(4,5)6/h15-17H,13-14H2,1-12H3/t15-,16-,17+,22+/m1/s1. The quantitative estimate of drug-likeness (QED) is 0.142. The molecule has 2 saturated heterocycles. The predicted molar refractivity (Wildman–Crippen MR) is 132 cm³/mol. The van der Waals surface area contributed by atoms with Crippen molar-refractivity contribution in [1.82, 2.24) is 0 Å². The molecule has 2 aliphatic rings. The van der Waals surface area contributed by atoms with E-state index in [9.17, 15) is 10.3 Å². The van der Waals surface area contributed by atoms with Crippen LogP contribution in [-0.4, -0.2) is 65.5 Å². The fourth-order valence-electron chi connectivity index (χ4n) is 3.42. The summed E-state index contributed by atoms with van der Waals surface area (Å²) in [5.41, 5.74) is 7.83. The highest BCUT2D eigenvalue weighted by Gasteiger charge is 2.69. The van der Waals surface area contributed by atoms with E-state index in [2.05, 4.69) is 77.8 Å². The number of carbonyl (C=O) groups is 1. The van der Waals surface area contributed by atoms with Crippen LogP contribution in [0.15, 0.2) is 5.11 Å². The van der Waals surface area contributed by atoms with E-state index >= 15 is 0 Å². The van der Waals surface area contributed by atoms with Crippen LogP contribution in [0.2, 0.25) is 36.3 Å². The van der Waals surface area contributed by atoms with Crippen molar-refractivity contribution < 1.29 is 27.9 Å². The van der Waals surface area contributed by atoms with Crippen LogP contribution in [-0.2, 0) is 27.9 Å². The maximum Gasteiger partial charge on any atom is 0.344 e. The van der Waals surface area contributed by atoms with Gasteiger partial charge in [-0.3, -0.25) is 0 Å². The number of hydrogen-bond donors (Lipinski definition) is 0. The molecule has 0 radical (unpaired) electrons. The van der Waals surface area contributed by atoms with Gasteiger partial charge in [0, 0.05) is 11.5 Å². The van der Waals surface area contributed by atoms with Gasteiger partial charge in [0.1, 0.15) is 12.2 Å². The molecule has 190 valence electrons. The van der Waals surface area contributed by atoms with Crippen molar-refractivity contribution in [2.24, 2.45) is 5.11 Å². The Bertz CT molecular complexity index is 799. The average Bonchev–Trinajstić information content (AvgIpc) is 3.04. The molecule has 0 amide bonds. The first-order chi connectivity index (χ1) is 14.7. The molecule has 0 saturated carbocycles. The third-order valence-electron chi connectivity index (χ3n) is 7.64. The summed E-state index contributed by atoms with van der Waals surface area (Å²) in [7, 11) is -4.30. The fourth-order valence-corrected chi connectivity index (χ4v) is 5.45. The zero-order valence-corrected chi connectivity index (χ0v) is 24.4. The van der Waals surface area contributed by atoms with Crippen LogP contribution in [0, 0.1) is 0 Å². The normalized spacial score (nSPS) is 28.8. The highest BCUT2D eigenvalue weighted by atomic mass is 28.4. The molecule has 0 aliphatic carbocycles. The van der Waals surface area contributed by atoms with Crippen LogP contribution in [0.5, 0.6) is 0 Å². The molecule has 33 heavy (non-hydrogen) atoms. The second kappa shape index (κ2) is 8.93. The van der Waals surface area contributed by atoms with Crippen molar-refractivity contribution in [2.45, 2.75) is 121 Å². The number of hydrogen-bond acceptors (Lipinski definition) is 7. The largest absolute Gasteiger partial charge is 0.457 e. The molecule has 9 nitrogen and oxygen atoms in total. The van der Waals surface area contributed by atoms with Crippen LogP contribution < -0.4 is 0 Å².